The molecule has 0 saturated heterocycles. The van der Waals surface area contributed by atoms with Gasteiger partial charge in [0, 0.05) is 18.4 Å². The molecule has 1 saturated carbocycles. The van der Waals surface area contributed by atoms with Crippen LogP contribution in [-0.4, -0.2) is 11.6 Å². The van der Waals surface area contributed by atoms with Gasteiger partial charge in [-0.2, -0.15) is 0 Å². The third-order valence-corrected chi connectivity index (χ3v) is 2.55. The molecular weight excluding hydrogens is 176 g/mol. The average Bonchev–Trinajstić information content (AvgIpc) is 2.99. The Labute approximate surface area is 84.3 Å². The number of hydrogen-bond acceptors (Lipinski definition) is 3. The topological polar surface area (TPSA) is 48.1 Å². The molecule has 0 unspecified atom stereocenters. The van der Waals surface area contributed by atoms with Crippen LogP contribution in [0, 0.1) is 5.92 Å². The highest BCUT2D eigenvalue weighted by Crippen LogP contribution is 2.32. The Morgan fingerprint density at radius 1 is 1.50 bits per heavy atom. The predicted octanol–water partition coefficient (Wildman–Crippen LogP) is 1.98. The second-order valence-electron chi connectivity index (χ2n) is 3.83. The minimum Gasteiger partial charge on any atom is -0.383 e. The summed E-state index contributed by atoms with van der Waals surface area (Å²) in [7, 11) is 0. The van der Waals surface area contributed by atoms with Crippen molar-refractivity contribution in [3.63, 3.8) is 0 Å². The lowest BCUT2D eigenvalue weighted by Gasteiger charge is -2.05. The van der Waals surface area contributed by atoms with Crippen LogP contribution in [0.5, 0.6) is 0 Å². The molecule has 1 aromatic heterocycles. The van der Waals surface area contributed by atoms with Crippen LogP contribution in [-0.2, 0) is 11.3 Å². The summed E-state index contributed by atoms with van der Waals surface area (Å²) < 4.78 is 5.53. The summed E-state index contributed by atoms with van der Waals surface area (Å²) in [5, 5.41) is 0. The molecular formula is C11H16N2O. The molecule has 1 aromatic rings. The molecule has 1 aliphatic rings. The van der Waals surface area contributed by atoms with Crippen LogP contribution in [0.2, 0.25) is 0 Å². The summed E-state index contributed by atoms with van der Waals surface area (Å²) in [6.07, 6.45) is 5.67. The highest BCUT2D eigenvalue weighted by molar-refractivity contribution is 5.37. The highest BCUT2D eigenvalue weighted by Gasteiger charge is 2.20. The number of nitrogen functional groups attached to an aromatic ring is 1. The van der Waals surface area contributed by atoms with Crippen molar-refractivity contribution in [1.29, 1.82) is 0 Å². The first kappa shape index (κ1) is 9.46. The minimum absolute atomic E-state index is 0.582. The zero-order valence-corrected chi connectivity index (χ0v) is 8.28. The molecule has 0 spiro atoms. The van der Waals surface area contributed by atoms with E-state index in [2.05, 4.69) is 4.98 Å². The molecule has 14 heavy (non-hydrogen) atoms. The van der Waals surface area contributed by atoms with Gasteiger partial charge in [-0.3, -0.25) is 0 Å². The van der Waals surface area contributed by atoms with Gasteiger partial charge in [-0.1, -0.05) is 18.9 Å². The summed E-state index contributed by atoms with van der Waals surface area (Å²) in [6, 6.07) is 3.84. The van der Waals surface area contributed by atoms with Gasteiger partial charge in [0.15, 0.2) is 0 Å². The Bertz CT molecular complexity index is 297. The molecule has 0 aliphatic heterocycles. The fraction of sp³-hybridized carbons (Fsp3) is 0.545. The van der Waals surface area contributed by atoms with Gasteiger partial charge in [-0.05, 0) is 18.4 Å². The minimum atomic E-state index is 0.582. The van der Waals surface area contributed by atoms with Crippen LogP contribution in [0.15, 0.2) is 18.3 Å². The smallest absolute Gasteiger partial charge is 0.128 e. The van der Waals surface area contributed by atoms with Crippen LogP contribution in [0.3, 0.4) is 0 Å². The number of ether oxygens (including phenoxy) is 1. The second kappa shape index (κ2) is 4.42. The van der Waals surface area contributed by atoms with E-state index in [0.717, 1.165) is 18.1 Å². The molecule has 0 amide bonds. The van der Waals surface area contributed by atoms with E-state index in [9.17, 15) is 0 Å². The van der Waals surface area contributed by atoms with Crippen LogP contribution in [0.4, 0.5) is 5.82 Å². The van der Waals surface area contributed by atoms with Crippen molar-refractivity contribution < 1.29 is 4.74 Å². The quantitative estimate of drug-likeness (QED) is 0.726. The Hall–Kier alpha value is -1.09. The van der Waals surface area contributed by atoms with E-state index in [1.807, 2.05) is 12.1 Å². The average molecular weight is 192 g/mol. The first-order chi connectivity index (χ1) is 6.86. The molecule has 2 rings (SSSR count). The Morgan fingerprint density at radius 3 is 3.07 bits per heavy atom. The van der Waals surface area contributed by atoms with E-state index >= 15 is 0 Å². The number of nitrogens with two attached hydrogens (primary N) is 1. The Balaban J connectivity index is 1.71. The van der Waals surface area contributed by atoms with Crippen molar-refractivity contribution in [2.45, 2.75) is 25.9 Å². The maximum absolute atomic E-state index is 5.68. The lowest BCUT2D eigenvalue weighted by Crippen LogP contribution is -2.01. The highest BCUT2D eigenvalue weighted by atomic mass is 16.5. The van der Waals surface area contributed by atoms with Crippen LogP contribution in [0.25, 0.3) is 0 Å². The third-order valence-electron chi connectivity index (χ3n) is 2.55. The fourth-order valence-corrected chi connectivity index (χ4v) is 1.41. The first-order valence-electron chi connectivity index (χ1n) is 5.13. The standard InChI is InChI=1S/C11H16N2O/c12-11-10(2-1-6-13-11)8-14-7-5-9-3-4-9/h1-2,6,9H,3-5,7-8H2,(H2,12,13). The monoisotopic (exact) mass is 192 g/mol. The summed E-state index contributed by atoms with van der Waals surface area (Å²) in [4.78, 5) is 4.00. The number of nitrogens with zero attached hydrogens (tertiary/aromatic N) is 1. The number of anilines is 1. The normalized spacial score (nSPS) is 15.7. The van der Waals surface area contributed by atoms with E-state index in [1.54, 1.807) is 6.20 Å². The summed E-state index contributed by atoms with van der Waals surface area (Å²) in [5.74, 6) is 1.51. The number of hydrogen-bond donors (Lipinski definition) is 1. The van der Waals surface area contributed by atoms with Crippen LogP contribution in [0.1, 0.15) is 24.8 Å². The van der Waals surface area contributed by atoms with E-state index in [1.165, 1.54) is 19.3 Å². The molecule has 1 fully saturated rings. The largest absolute Gasteiger partial charge is 0.383 e. The van der Waals surface area contributed by atoms with Gasteiger partial charge in [-0.15, -0.1) is 0 Å². The van der Waals surface area contributed by atoms with Gasteiger partial charge in [0.1, 0.15) is 5.82 Å². The van der Waals surface area contributed by atoms with Gasteiger partial charge in [0.2, 0.25) is 0 Å². The molecule has 0 atom stereocenters. The zero-order chi connectivity index (χ0) is 9.80. The van der Waals surface area contributed by atoms with Crippen molar-refractivity contribution in [1.82, 2.24) is 4.98 Å². The number of aromatic nitrogens is 1. The van der Waals surface area contributed by atoms with Crippen molar-refractivity contribution >= 4 is 5.82 Å². The van der Waals surface area contributed by atoms with Gasteiger partial charge >= 0.3 is 0 Å². The summed E-state index contributed by atoms with van der Waals surface area (Å²) in [5.41, 5.74) is 6.67. The summed E-state index contributed by atoms with van der Waals surface area (Å²) in [6.45, 7) is 1.44. The van der Waals surface area contributed by atoms with Crippen molar-refractivity contribution in [2.75, 3.05) is 12.3 Å². The lowest BCUT2D eigenvalue weighted by molar-refractivity contribution is 0.115. The Kier molecular flexibility index (Phi) is 2.99. The first-order valence-corrected chi connectivity index (χ1v) is 5.13. The zero-order valence-electron chi connectivity index (χ0n) is 8.28. The van der Waals surface area contributed by atoms with Crippen molar-refractivity contribution in [3.8, 4) is 0 Å². The van der Waals surface area contributed by atoms with Crippen molar-refractivity contribution in [3.05, 3.63) is 23.9 Å². The number of pyridine rings is 1. The summed E-state index contributed by atoms with van der Waals surface area (Å²) >= 11 is 0. The van der Waals surface area contributed by atoms with Crippen LogP contribution >= 0.6 is 0 Å². The van der Waals surface area contributed by atoms with E-state index in [-0.39, 0.29) is 0 Å². The van der Waals surface area contributed by atoms with Gasteiger partial charge < -0.3 is 10.5 Å². The molecule has 0 radical (unpaired) electrons. The Morgan fingerprint density at radius 2 is 2.36 bits per heavy atom. The molecule has 76 valence electrons. The molecule has 3 heteroatoms. The molecule has 2 N–H and O–H groups in total. The molecule has 1 aliphatic carbocycles. The maximum atomic E-state index is 5.68. The van der Waals surface area contributed by atoms with Gasteiger partial charge in [0.25, 0.3) is 0 Å². The predicted molar refractivity (Wildman–Crippen MR) is 55.6 cm³/mol. The van der Waals surface area contributed by atoms with E-state index in [4.69, 9.17) is 10.5 Å². The number of rotatable bonds is 5. The fourth-order valence-electron chi connectivity index (χ4n) is 1.41. The van der Waals surface area contributed by atoms with E-state index in [0.29, 0.717) is 12.4 Å². The van der Waals surface area contributed by atoms with Crippen molar-refractivity contribution in [2.24, 2.45) is 5.92 Å². The van der Waals surface area contributed by atoms with Gasteiger partial charge in [-0.25, -0.2) is 4.98 Å². The lowest BCUT2D eigenvalue weighted by atomic mass is 10.3. The molecule has 3 nitrogen and oxygen atoms in total. The molecule has 1 heterocycles. The molecule has 0 aromatic carbocycles. The third kappa shape index (κ3) is 2.70. The SMILES string of the molecule is Nc1ncccc1COCCC1CC1. The second-order valence-corrected chi connectivity index (χ2v) is 3.83. The molecule has 0 bridgehead atoms. The van der Waals surface area contributed by atoms with E-state index < -0.39 is 0 Å². The maximum Gasteiger partial charge on any atom is 0.128 e. The van der Waals surface area contributed by atoms with Crippen LogP contribution < -0.4 is 5.73 Å². The van der Waals surface area contributed by atoms with Gasteiger partial charge in [0.05, 0.1) is 6.61 Å².